The monoisotopic (exact) mass is 385 g/mol. The predicted octanol–water partition coefficient (Wildman–Crippen LogP) is 6.10. The van der Waals surface area contributed by atoms with Crippen LogP contribution in [0.4, 0.5) is 0 Å². The molecular formula is C24H51NO2. The highest BCUT2D eigenvalue weighted by Gasteiger charge is 2.22. The van der Waals surface area contributed by atoms with E-state index in [2.05, 4.69) is 34.6 Å². The highest BCUT2D eigenvalue weighted by atomic mass is 16.4. The SMILES string of the molecule is CCCCCCCCCCCC(=O)[O-].CCC[N+](CCC)(CCC)CCC. The van der Waals surface area contributed by atoms with E-state index in [0.29, 0.717) is 0 Å². The third kappa shape index (κ3) is 20.0. The largest absolute Gasteiger partial charge is 0.550 e. The topological polar surface area (TPSA) is 40.1 Å². The molecule has 0 aromatic rings. The Morgan fingerprint density at radius 3 is 1.19 bits per heavy atom. The molecule has 0 atom stereocenters. The zero-order valence-electron chi connectivity index (χ0n) is 19.5. The normalized spacial score (nSPS) is 11.1. The highest BCUT2D eigenvalue weighted by Crippen LogP contribution is 2.12. The van der Waals surface area contributed by atoms with Gasteiger partial charge in [-0.3, -0.25) is 0 Å². The van der Waals surface area contributed by atoms with E-state index in [1.807, 2.05) is 0 Å². The molecule has 0 bridgehead atoms. The van der Waals surface area contributed by atoms with Crippen molar-refractivity contribution in [2.24, 2.45) is 0 Å². The minimum absolute atomic E-state index is 0.232. The molecule has 3 heteroatoms. The maximum Gasteiger partial charge on any atom is 0.0783 e. The molecule has 0 aliphatic heterocycles. The van der Waals surface area contributed by atoms with Gasteiger partial charge in [-0.1, -0.05) is 86.0 Å². The molecule has 0 saturated heterocycles. The van der Waals surface area contributed by atoms with Gasteiger partial charge in [0.25, 0.3) is 0 Å². The maximum atomic E-state index is 10.1. The number of carboxylic acid groups (broad SMARTS) is 1. The second-order valence-electron chi connectivity index (χ2n) is 8.19. The number of unbranched alkanes of at least 4 members (excludes halogenated alkanes) is 8. The van der Waals surface area contributed by atoms with Crippen LogP contribution in [0.2, 0.25) is 0 Å². The summed E-state index contributed by atoms with van der Waals surface area (Å²) < 4.78 is 1.38. The minimum Gasteiger partial charge on any atom is -0.550 e. The average Bonchev–Trinajstić information content (AvgIpc) is 2.61. The Morgan fingerprint density at radius 2 is 0.889 bits per heavy atom. The van der Waals surface area contributed by atoms with Gasteiger partial charge in [-0.2, -0.15) is 0 Å². The molecule has 0 unspecified atom stereocenters. The first-order valence-electron chi connectivity index (χ1n) is 12.1. The summed E-state index contributed by atoms with van der Waals surface area (Å²) in [4.78, 5) is 10.1. The van der Waals surface area contributed by atoms with Crippen molar-refractivity contribution in [3.8, 4) is 0 Å². The molecule has 0 spiro atoms. The van der Waals surface area contributed by atoms with Crippen molar-refractivity contribution < 1.29 is 14.4 Å². The lowest BCUT2D eigenvalue weighted by Gasteiger charge is -2.38. The van der Waals surface area contributed by atoms with Crippen molar-refractivity contribution in [2.45, 2.75) is 125 Å². The molecule has 27 heavy (non-hydrogen) atoms. The van der Waals surface area contributed by atoms with Crippen LogP contribution in [0.15, 0.2) is 0 Å². The molecule has 0 rings (SSSR count). The van der Waals surface area contributed by atoms with Gasteiger partial charge in [0, 0.05) is 5.97 Å². The van der Waals surface area contributed by atoms with E-state index >= 15 is 0 Å². The Bertz CT molecular complexity index is 275. The number of hydrogen-bond donors (Lipinski definition) is 0. The molecular weight excluding hydrogens is 334 g/mol. The second-order valence-corrected chi connectivity index (χ2v) is 8.19. The average molecular weight is 386 g/mol. The molecule has 0 aliphatic rings. The molecule has 0 aliphatic carbocycles. The Morgan fingerprint density at radius 1 is 0.556 bits per heavy atom. The van der Waals surface area contributed by atoms with E-state index in [-0.39, 0.29) is 6.42 Å². The molecule has 3 nitrogen and oxygen atoms in total. The highest BCUT2D eigenvalue weighted by molar-refractivity contribution is 5.63. The van der Waals surface area contributed by atoms with Crippen molar-refractivity contribution in [2.75, 3.05) is 26.2 Å². The molecule has 164 valence electrons. The lowest BCUT2D eigenvalue weighted by atomic mass is 10.1. The van der Waals surface area contributed by atoms with Gasteiger partial charge in [0.15, 0.2) is 0 Å². The summed E-state index contributed by atoms with van der Waals surface area (Å²) in [6.45, 7) is 17.0. The van der Waals surface area contributed by atoms with E-state index in [9.17, 15) is 9.90 Å². The molecule has 0 heterocycles. The van der Waals surface area contributed by atoms with Gasteiger partial charge in [-0.25, -0.2) is 0 Å². The van der Waals surface area contributed by atoms with Crippen LogP contribution in [0.25, 0.3) is 0 Å². The first kappa shape index (κ1) is 28.6. The predicted molar refractivity (Wildman–Crippen MR) is 118 cm³/mol. The molecule has 0 aromatic heterocycles. The molecule has 0 saturated carbocycles. The summed E-state index contributed by atoms with van der Waals surface area (Å²) in [6.07, 6.45) is 16.5. The second kappa shape index (κ2) is 21.7. The standard InChI is InChI=1S/C12H28N.C12H24O2/c1-5-9-13(10-6-2,11-7-3)12-8-4;1-2-3-4-5-6-7-8-9-10-11-12(13)14/h5-12H2,1-4H3;2-11H2,1H3,(H,13,14)/q+1;/p-1. The first-order valence-corrected chi connectivity index (χ1v) is 12.1. The smallest absolute Gasteiger partial charge is 0.0783 e. The van der Waals surface area contributed by atoms with Crippen LogP contribution in [0.1, 0.15) is 125 Å². The van der Waals surface area contributed by atoms with Crippen LogP contribution in [-0.4, -0.2) is 36.6 Å². The molecule has 0 radical (unpaired) electrons. The van der Waals surface area contributed by atoms with E-state index < -0.39 is 5.97 Å². The van der Waals surface area contributed by atoms with Crippen LogP contribution in [0.5, 0.6) is 0 Å². The number of carboxylic acids is 1. The molecule has 0 N–H and O–H groups in total. The molecule has 0 aromatic carbocycles. The molecule has 0 amide bonds. The van der Waals surface area contributed by atoms with Crippen molar-refractivity contribution in [1.82, 2.24) is 0 Å². The number of carbonyl (C=O) groups is 1. The van der Waals surface area contributed by atoms with Crippen LogP contribution >= 0.6 is 0 Å². The first-order chi connectivity index (χ1) is 13.0. The third-order valence-electron chi connectivity index (χ3n) is 5.28. The Hall–Kier alpha value is -0.570. The van der Waals surface area contributed by atoms with Gasteiger partial charge < -0.3 is 14.4 Å². The third-order valence-corrected chi connectivity index (χ3v) is 5.28. The van der Waals surface area contributed by atoms with E-state index in [0.717, 1.165) is 12.8 Å². The van der Waals surface area contributed by atoms with E-state index in [1.165, 1.54) is 101 Å². The number of hydrogen-bond acceptors (Lipinski definition) is 2. The van der Waals surface area contributed by atoms with Gasteiger partial charge in [0.2, 0.25) is 0 Å². The van der Waals surface area contributed by atoms with Crippen molar-refractivity contribution >= 4 is 5.97 Å². The number of quaternary nitrogens is 1. The van der Waals surface area contributed by atoms with E-state index in [4.69, 9.17) is 0 Å². The summed E-state index contributed by atoms with van der Waals surface area (Å²) >= 11 is 0. The van der Waals surface area contributed by atoms with Crippen LogP contribution in [0, 0.1) is 0 Å². The van der Waals surface area contributed by atoms with Crippen molar-refractivity contribution in [3.05, 3.63) is 0 Å². The lowest BCUT2D eigenvalue weighted by Crippen LogP contribution is -2.50. The van der Waals surface area contributed by atoms with Gasteiger partial charge in [-0.05, 0) is 38.5 Å². The zero-order chi connectivity index (χ0) is 20.8. The Balaban J connectivity index is 0. The van der Waals surface area contributed by atoms with Crippen molar-refractivity contribution in [3.63, 3.8) is 0 Å². The van der Waals surface area contributed by atoms with Gasteiger partial charge in [0.1, 0.15) is 0 Å². The van der Waals surface area contributed by atoms with Crippen LogP contribution < -0.4 is 5.11 Å². The summed E-state index contributed by atoms with van der Waals surface area (Å²) in [7, 11) is 0. The summed E-state index contributed by atoms with van der Waals surface area (Å²) in [6, 6.07) is 0. The van der Waals surface area contributed by atoms with Gasteiger partial charge in [0.05, 0.1) is 26.2 Å². The Labute approximate surface area is 171 Å². The van der Waals surface area contributed by atoms with Crippen LogP contribution in [0.3, 0.4) is 0 Å². The number of rotatable bonds is 18. The van der Waals surface area contributed by atoms with Gasteiger partial charge in [-0.15, -0.1) is 0 Å². The van der Waals surface area contributed by atoms with Gasteiger partial charge >= 0.3 is 0 Å². The Kier molecular flexibility index (Phi) is 23.0. The quantitative estimate of drug-likeness (QED) is 0.211. The minimum atomic E-state index is -0.909. The number of nitrogens with zero attached hydrogens (tertiary/aromatic N) is 1. The lowest BCUT2D eigenvalue weighted by molar-refractivity contribution is -0.928. The number of carbonyl (C=O) groups excluding carboxylic acids is 1. The van der Waals surface area contributed by atoms with Crippen LogP contribution in [-0.2, 0) is 4.79 Å². The fourth-order valence-electron chi connectivity index (χ4n) is 4.15. The fraction of sp³-hybridized carbons (Fsp3) is 0.958. The van der Waals surface area contributed by atoms with E-state index in [1.54, 1.807) is 0 Å². The van der Waals surface area contributed by atoms with Crippen molar-refractivity contribution in [1.29, 1.82) is 0 Å². The summed E-state index contributed by atoms with van der Waals surface area (Å²) in [5, 5.41) is 10.1. The number of aliphatic carboxylic acids is 1. The fourth-order valence-corrected chi connectivity index (χ4v) is 4.15. The molecule has 0 fully saturated rings. The zero-order valence-corrected chi connectivity index (χ0v) is 19.5. The summed E-state index contributed by atoms with van der Waals surface area (Å²) in [5.74, 6) is -0.909. The maximum absolute atomic E-state index is 10.1. The summed E-state index contributed by atoms with van der Waals surface area (Å²) in [5.41, 5.74) is 0.